The van der Waals surface area contributed by atoms with Crippen molar-refractivity contribution in [3.63, 3.8) is 0 Å². The van der Waals surface area contributed by atoms with E-state index in [2.05, 4.69) is 35.2 Å². The highest BCUT2D eigenvalue weighted by atomic mass is 32.2. The molecule has 1 aromatic heterocycles. The van der Waals surface area contributed by atoms with Crippen molar-refractivity contribution >= 4 is 11.8 Å². The zero-order valence-electron chi connectivity index (χ0n) is 10.9. The summed E-state index contributed by atoms with van der Waals surface area (Å²) in [7, 11) is 0. The monoisotopic (exact) mass is 250 g/mol. The van der Waals surface area contributed by atoms with Gasteiger partial charge in [-0.2, -0.15) is 0 Å². The van der Waals surface area contributed by atoms with Crippen LogP contribution in [-0.4, -0.2) is 29.2 Å². The number of aromatic nitrogens is 1. The third-order valence-electron chi connectivity index (χ3n) is 3.48. The van der Waals surface area contributed by atoms with E-state index in [-0.39, 0.29) is 0 Å². The minimum atomic E-state index is 0.597. The van der Waals surface area contributed by atoms with Gasteiger partial charge in [0.2, 0.25) is 0 Å². The van der Waals surface area contributed by atoms with E-state index >= 15 is 0 Å². The van der Waals surface area contributed by atoms with Gasteiger partial charge in [-0.15, -0.1) is 11.8 Å². The molecular weight excluding hydrogens is 228 g/mol. The second-order valence-electron chi connectivity index (χ2n) is 4.65. The average Bonchev–Trinajstić information content (AvgIpc) is 2.40. The van der Waals surface area contributed by atoms with Crippen LogP contribution in [0.2, 0.25) is 0 Å². The molecule has 3 heteroatoms. The Morgan fingerprint density at radius 2 is 2.35 bits per heavy atom. The van der Waals surface area contributed by atoms with E-state index in [4.69, 9.17) is 0 Å². The molecule has 17 heavy (non-hydrogen) atoms. The maximum atomic E-state index is 4.50. The molecule has 1 saturated heterocycles. The number of thioether (sulfide) groups is 1. The number of nitrogens with zero attached hydrogens (tertiary/aromatic N) is 2. The predicted octanol–water partition coefficient (Wildman–Crippen LogP) is 3.74. The molecule has 0 N–H and O–H groups in total. The van der Waals surface area contributed by atoms with Gasteiger partial charge in [0.15, 0.2) is 0 Å². The van der Waals surface area contributed by atoms with Crippen molar-refractivity contribution in [2.75, 3.05) is 19.3 Å². The van der Waals surface area contributed by atoms with E-state index in [0.29, 0.717) is 6.04 Å². The van der Waals surface area contributed by atoms with Gasteiger partial charge in [0, 0.05) is 17.8 Å². The summed E-state index contributed by atoms with van der Waals surface area (Å²) < 4.78 is 0. The summed E-state index contributed by atoms with van der Waals surface area (Å²) >= 11 is 1.77. The van der Waals surface area contributed by atoms with E-state index in [0.717, 1.165) is 0 Å². The Morgan fingerprint density at radius 1 is 1.47 bits per heavy atom. The SMILES string of the molecule is CCCN1CCCC[C@H]1c1cccnc1SC. The Balaban J connectivity index is 2.22. The molecule has 1 aliphatic heterocycles. The summed E-state index contributed by atoms with van der Waals surface area (Å²) in [4.78, 5) is 7.14. The maximum absolute atomic E-state index is 4.50. The fourth-order valence-electron chi connectivity index (χ4n) is 2.73. The average molecular weight is 250 g/mol. The minimum absolute atomic E-state index is 0.597. The second kappa shape index (κ2) is 6.41. The Hall–Kier alpha value is -0.540. The Bertz CT molecular complexity index is 352. The summed E-state index contributed by atoms with van der Waals surface area (Å²) in [6, 6.07) is 4.94. The molecule has 0 radical (unpaired) electrons. The van der Waals surface area contributed by atoms with Gasteiger partial charge < -0.3 is 0 Å². The van der Waals surface area contributed by atoms with Crippen molar-refractivity contribution in [2.24, 2.45) is 0 Å². The first-order valence-corrected chi connectivity index (χ1v) is 7.82. The van der Waals surface area contributed by atoms with Crippen molar-refractivity contribution < 1.29 is 0 Å². The summed E-state index contributed by atoms with van der Waals surface area (Å²) in [5, 5.41) is 1.21. The van der Waals surface area contributed by atoms with Crippen molar-refractivity contribution in [1.29, 1.82) is 0 Å². The van der Waals surface area contributed by atoms with Crippen molar-refractivity contribution in [1.82, 2.24) is 9.88 Å². The molecule has 0 aliphatic carbocycles. The fourth-order valence-corrected chi connectivity index (χ4v) is 3.33. The normalized spacial score (nSPS) is 21.6. The number of hydrogen-bond acceptors (Lipinski definition) is 3. The molecular formula is C14H22N2S. The van der Waals surface area contributed by atoms with E-state index in [9.17, 15) is 0 Å². The topological polar surface area (TPSA) is 16.1 Å². The third kappa shape index (κ3) is 3.02. The first-order valence-electron chi connectivity index (χ1n) is 6.59. The van der Waals surface area contributed by atoms with Crippen LogP contribution in [0.3, 0.4) is 0 Å². The first-order chi connectivity index (χ1) is 8.36. The lowest BCUT2D eigenvalue weighted by molar-refractivity contribution is 0.146. The van der Waals surface area contributed by atoms with Gasteiger partial charge in [0.1, 0.15) is 5.03 Å². The number of piperidine rings is 1. The molecule has 1 aromatic rings. The van der Waals surface area contributed by atoms with E-state index in [1.165, 1.54) is 49.4 Å². The van der Waals surface area contributed by atoms with Gasteiger partial charge in [-0.25, -0.2) is 4.98 Å². The lowest BCUT2D eigenvalue weighted by Gasteiger charge is -2.36. The van der Waals surface area contributed by atoms with E-state index in [1.807, 2.05) is 6.20 Å². The number of hydrogen-bond donors (Lipinski definition) is 0. The molecule has 1 atom stereocenters. The third-order valence-corrected chi connectivity index (χ3v) is 4.21. The van der Waals surface area contributed by atoms with Crippen molar-refractivity contribution in [2.45, 2.75) is 43.7 Å². The summed E-state index contributed by atoms with van der Waals surface area (Å²) in [6.07, 6.45) is 9.27. The molecule has 0 aromatic carbocycles. The Morgan fingerprint density at radius 3 is 3.12 bits per heavy atom. The largest absolute Gasteiger partial charge is 0.296 e. The Labute approximate surface area is 109 Å². The van der Waals surface area contributed by atoms with Gasteiger partial charge in [-0.3, -0.25) is 4.90 Å². The zero-order chi connectivity index (χ0) is 12.1. The molecule has 0 unspecified atom stereocenters. The highest BCUT2D eigenvalue weighted by Gasteiger charge is 2.25. The molecule has 2 heterocycles. The minimum Gasteiger partial charge on any atom is -0.296 e. The van der Waals surface area contributed by atoms with Crippen LogP contribution in [0.25, 0.3) is 0 Å². The second-order valence-corrected chi connectivity index (χ2v) is 5.44. The molecule has 2 rings (SSSR count). The van der Waals surface area contributed by atoms with Crippen LogP contribution < -0.4 is 0 Å². The molecule has 94 valence electrons. The van der Waals surface area contributed by atoms with Gasteiger partial charge in [-0.05, 0) is 44.7 Å². The van der Waals surface area contributed by atoms with Gasteiger partial charge >= 0.3 is 0 Å². The molecule has 1 fully saturated rings. The van der Waals surface area contributed by atoms with Crippen LogP contribution in [0.4, 0.5) is 0 Å². The summed E-state index contributed by atoms with van der Waals surface area (Å²) in [5.41, 5.74) is 1.44. The summed E-state index contributed by atoms with van der Waals surface area (Å²) in [5.74, 6) is 0. The highest BCUT2D eigenvalue weighted by molar-refractivity contribution is 7.98. The van der Waals surface area contributed by atoms with Crippen LogP contribution in [0.1, 0.15) is 44.2 Å². The predicted molar refractivity (Wildman–Crippen MR) is 74.5 cm³/mol. The van der Waals surface area contributed by atoms with E-state index in [1.54, 1.807) is 11.8 Å². The molecule has 0 bridgehead atoms. The van der Waals surface area contributed by atoms with E-state index < -0.39 is 0 Å². The smallest absolute Gasteiger partial charge is 0.100 e. The quantitative estimate of drug-likeness (QED) is 0.757. The van der Waals surface area contributed by atoms with Crippen LogP contribution in [-0.2, 0) is 0 Å². The maximum Gasteiger partial charge on any atom is 0.100 e. The first kappa shape index (κ1) is 12.9. The lowest BCUT2D eigenvalue weighted by atomic mass is 9.96. The van der Waals surface area contributed by atoms with Crippen LogP contribution >= 0.6 is 11.8 Å². The fraction of sp³-hybridized carbons (Fsp3) is 0.643. The number of rotatable bonds is 4. The summed E-state index contributed by atoms with van der Waals surface area (Å²) in [6.45, 7) is 4.74. The molecule has 0 saturated carbocycles. The van der Waals surface area contributed by atoms with Crippen molar-refractivity contribution in [3.05, 3.63) is 23.9 Å². The highest BCUT2D eigenvalue weighted by Crippen LogP contribution is 2.34. The molecule has 0 spiro atoms. The number of pyridine rings is 1. The van der Waals surface area contributed by atoms with Crippen LogP contribution in [0, 0.1) is 0 Å². The standard InChI is InChI=1S/C14H22N2S/c1-3-10-16-11-5-4-8-13(16)12-7-6-9-15-14(12)17-2/h6-7,9,13H,3-5,8,10-11H2,1-2H3/t13-/m0/s1. The molecule has 1 aliphatic rings. The van der Waals surface area contributed by atoms with Gasteiger partial charge in [-0.1, -0.05) is 19.4 Å². The van der Waals surface area contributed by atoms with Crippen molar-refractivity contribution in [3.8, 4) is 0 Å². The lowest BCUT2D eigenvalue weighted by Crippen LogP contribution is -2.34. The van der Waals surface area contributed by atoms with Crippen LogP contribution in [0.15, 0.2) is 23.4 Å². The molecule has 0 amide bonds. The van der Waals surface area contributed by atoms with Gasteiger partial charge in [0.25, 0.3) is 0 Å². The number of likely N-dealkylation sites (tertiary alicyclic amines) is 1. The molecule has 2 nitrogen and oxygen atoms in total. The zero-order valence-corrected chi connectivity index (χ0v) is 11.7. The van der Waals surface area contributed by atoms with Gasteiger partial charge in [0.05, 0.1) is 0 Å². The van der Waals surface area contributed by atoms with Crippen LogP contribution in [0.5, 0.6) is 0 Å². The Kier molecular flexibility index (Phi) is 4.86.